The number of nitro groups is 1. The van der Waals surface area contributed by atoms with Crippen molar-refractivity contribution in [1.29, 1.82) is 0 Å². The molecule has 0 saturated carbocycles. The van der Waals surface area contributed by atoms with Crippen molar-refractivity contribution in [2.24, 2.45) is 0 Å². The molecule has 0 radical (unpaired) electrons. The number of thiazole rings is 1. The van der Waals surface area contributed by atoms with Crippen LogP contribution in [0.15, 0.2) is 48.5 Å². The minimum atomic E-state index is -0.481. The molecule has 8 heteroatoms. The second-order valence-corrected chi connectivity index (χ2v) is 6.33. The summed E-state index contributed by atoms with van der Waals surface area (Å²) in [7, 11) is 0. The number of nitrogen functional groups attached to an aromatic ring is 1. The Hall–Kier alpha value is -3.26. The second kappa shape index (κ2) is 6.70. The van der Waals surface area contributed by atoms with E-state index in [2.05, 4.69) is 10.3 Å². The lowest BCUT2D eigenvalue weighted by Gasteiger charge is -2.08. The number of nitro benzene ring substituents is 1. The van der Waals surface area contributed by atoms with Crippen molar-refractivity contribution in [3.63, 3.8) is 0 Å². The Labute approximate surface area is 147 Å². The number of anilines is 2. The molecule has 1 amide bonds. The number of aryl methyl sites for hydroxylation is 1. The summed E-state index contributed by atoms with van der Waals surface area (Å²) >= 11 is 1.07. The molecule has 3 N–H and O–H groups in total. The molecule has 126 valence electrons. The van der Waals surface area contributed by atoms with Gasteiger partial charge in [0.2, 0.25) is 0 Å². The number of hydrogen-bond acceptors (Lipinski definition) is 6. The maximum absolute atomic E-state index is 12.6. The van der Waals surface area contributed by atoms with Gasteiger partial charge in [0.15, 0.2) is 5.13 Å². The van der Waals surface area contributed by atoms with Crippen molar-refractivity contribution in [3.8, 4) is 11.3 Å². The lowest BCUT2D eigenvalue weighted by molar-refractivity contribution is -0.384. The second-order valence-electron chi connectivity index (χ2n) is 5.30. The minimum absolute atomic E-state index is 0.0298. The third-order valence-corrected chi connectivity index (χ3v) is 4.48. The number of carbonyl (C=O) groups is 1. The van der Waals surface area contributed by atoms with E-state index in [1.807, 2.05) is 31.2 Å². The average Bonchev–Trinajstić information content (AvgIpc) is 2.99. The van der Waals surface area contributed by atoms with Gasteiger partial charge in [0.25, 0.3) is 11.6 Å². The zero-order chi connectivity index (χ0) is 18.0. The van der Waals surface area contributed by atoms with Gasteiger partial charge in [0.1, 0.15) is 4.88 Å². The summed E-state index contributed by atoms with van der Waals surface area (Å²) in [5.74, 6) is -0.322. The fraction of sp³-hybridized carbons (Fsp3) is 0.0588. The van der Waals surface area contributed by atoms with E-state index in [4.69, 9.17) is 5.73 Å². The number of carbonyl (C=O) groups excluding carboxylic acids is 1. The number of hydrogen-bond donors (Lipinski definition) is 2. The van der Waals surface area contributed by atoms with Crippen LogP contribution in [0.1, 0.15) is 15.2 Å². The molecule has 1 aromatic heterocycles. The highest BCUT2D eigenvalue weighted by Crippen LogP contribution is 2.31. The standard InChI is InChI=1S/C17H14N4O3S/c1-10-4-2-3-5-13(10)19-16(22)15-14(20-17(18)25-15)11-6-8-12(9-7-11)21(23)24/h2-9H,1H3,(H2,18,20)(H,19,22). The topological polar surface area (TPSA) is 111 Å². The van der Waals surface area contributed by atoms with Crippen molar-refractivity contribution in [1.82, 2.24) is 4.98 Å². The molecule has 0 spiro atoms. The van der Waals surface area contributed by atoms with Crippen LogP contribution in [0.3, 0.4) is 0 Å². The van der Waals surface area contributed by atoms with Crippen LogP contribution >= 0.6 is 11.3 Å². The van der Waals surface area contributed by atoms with Gasteiger partial charge in [-0.15, -0.1) is 0 Å². The van der Waals surface area contributed by atoms with Crippen molar-refractivity contribution in [2.75, 3.05) is 11.1 Å². The summed E-state index contributed by atoms with van der Waals surface area (Å²) in [5.41, 5.74) is 8.38. The van der Waals surface area contributed by atoms with Gasteiger partial charge in [-0.05, 0) is 30.7 Å². The number of para-hydroxylation sites is 1. The van der Waals surface area contributed by atoms with Crippen LogP contribution in [0.4, 0.5) is 16.5 Å². The number of nitrogens with one attached hydrogen (secondary N) is 1. The molecule has 0 fully saturated rings. The van der Waals surface area contributed by atoms with Crippen LogP contribution < -0.4 is 11.1 Å². The monoisotopic (exact) mass is 354 g/mol. The fourth-order valence-electron chi connectivity index (χ4n) is 2.32. The van der Waals surface area contributed by atoms with E-state index < -0.39 is 4.92 Å². The van der Waals surface area contributed by atoms with Crippen LogP contribution in [0.2, 0.25) is 0 Å². The maximum Gasteiger partial charge on any atom is 0.269 e. The number of nitrogens with two attached hydrogens (primary N) is 1. The third kappa shape index (κ3) is 3.48. The molecule has 0 bridgehead atoms. The van der Waals surface area contributed by atoms with Crippen molar-refractivity contribution in [2.45, 2.75) is 6.92 Å². The summed E-state index contributed by atoms with van der Waals surface area (Å²) in [6, 6.07) is 13.3. The minimum Gasteiger partial charge on any atom is -0.375 e. The van der Waals surface area contributed by atoms with Crippen LogP contribution in [0.5, 0.6) is 0 Å². The highest BCUT2D eigenvalue weighted by molar-refractivity contribution is 7.17. The van der Waals surface area contributed by atoms with Crippen LogP contribution in [-0.4, -0.2) is 15.8 Å². The van der Waals surface area contributed by atoms with Gasteiger partial charge >= 0.3 is 0 Å². The van der Waals surface area contributed by atoms with E-state index in [0.717, 1.165) is 16.9 Å². The number of amides is 1. The van der Waals surface area contributed by atoms with Crippen LogP contribution in [-0.2, 0) is 0 Å². The highest BCUT2D eigenvalue weighted by atomic mass is 32.1. The average molecular weight is 354 g/mol. The van der Waals surface area contributed by atoms with E-state index in [1.165, 1.54) is 12.1 Å². The number of nitrogens with zero attached hydrogens (tertiary/aromatic N) is 2. The number of rotatable bonds is 4. The quantitative estimate of drug-likeness (QED) is 0.546. The van der Waals surface area contributed by atoms with Crippen molar-refractivity contribution in [3.05, 3.63) is 69.1 Å². The first-order chi connectivity index (χ1) is 12.0. The molecule has 0 atom stereocenters. The molecular weight excluding hydrogens is 340 g/mol. The first kappa shape index (κ1) is 16.6. The van der Waals surface area contributed by atoms with Gasteiger partial charge in [-0.3, -0.25) is 14.9 Å². The van der Waals surface area contributed by atoms with Gasteiger partial charge in [-0.2, -0.15) is 0 Å². The van der Waals surface area contributed by atoms with Gasteiger partial charge in [-0.25, -0.2) is 4.98 Å². The van der Waals surface area contributed by atoms with Crippen molar-refractivity contribution < 1.29 is 9.72 Å². The summed E-state index contributed by atoms with van der Waals surface area (Å²) in [4.78, 5) is 27.5. The predicted molar refractivity (Wildman–Crippen MR) is 97.7 cm³/mol. The van der Waals surface area contributed by atoms with Gasteiger partial charge in [0, 0.05) is 23.4 Å². The number of aromatic nitrogens is 1. The Balaban J connectivity index is 1.94. The maximum atomic E-state index is 12.6. The van der Waals surface area contributed by atoms with E-state index in [9.17, 15) is 14.9 Å². The molecule has 0 aliphatic carbocycles. The lowest BCUT2D eigenvalue weighted by Crippen LogP contribution is -2.12. The molecule has 0 unspecified atom stereocenters. The van der Waals surface area contributed by atoms with Gasteiger partial charge in [-0.1, -0.05) is 29.5 Å². The Bertz CT molecular complexity index is 951. The molecule has 3 rings (SSSR count). The summed E-state index contributed by atoms with van der Waals surface area (Å²) in [5, 5.41) is 13.9. The molecule has 2 aromatic carbocycles. The van der Waals surface area contributed by atoms with Gasteiger partial charge in [0.05, 0.1) is 10.6 Å². The first-order valence-corrected chi connectivity index (χ1v) is 8.15. The van der Waals surface area contributed by atoms with Crippen LogP contribution in [0.25, 0.3) is 11.3 Å². The Kier molecular flexibility index (Phi) is 4.44. The SMILES string of the molecule is Cc1ccccc1NC(=O)c1sc(N)nc1-c1ccc([N+](=O)[O-])cc1. The highest BCUT2D eigenvalue weighted by Gasteiger charge is 2.20. The zero-order valence-electron chi connectivity index (χ0n) is 13.2. The lowest BCUT2D eigenvalue weighted by atomic mass is 10.1. The van der Waals surface area contributed by atoms with Gasteiger partial charge < -0.3 is 11.1 Å². The number of benzene rings is 2. The largest absolute Gasteiger partial charge is 0.375 e. The third-order valence-electron chi connectivity index (χ3n) is 3.59. The fourth-order valence-corrected chi connectivity index (χ4v) is 3.07. The smallest absolute Gasteiger partial charge is 0.269 e. The molecule has 7 nitrogen and oxygen atoms in total. The molecule has 3 aromatic rings. The summed E-state index contributed by atoms with van der Waals surface area (Å²) in [6.45, 7) is 1.90. The Morgan fingerprint density at radius 2 is 1.88 bits per heavy atom. The van der Waals surface area contributed by atoms with E-state index in [0.29, 0.717) is 21.8 Å². The first-order valence-electron chi connectivity index (χ1n) is 7.34. The molecule has 0 aliphatic rings. The van der Waals surface area contributed by atoms with Crippen molar-refractivity contribution >= 4 is 33.8 Å². The number of non-ortho nitro benzene ring substituents is 1. The Morgan fingerprint density at radius 3 is 2.52 bits per heavy atom. The van der Waals surface area contributed by atoms with E-state index in [1.54, 1.807) is 12.1 Å². The predicted octanol–water partition coefficient (Wildman–Crippen LogP) is 3.86. The summed E-state index contributed by atoms with van der Waals surface area (Å²) in [6.07, 6.45) is 0. The Morgan fingerprint density at radius 1 is 1.20 bits per heavy atom. The zero-order valence-corrected chi connectivity index (χ0v) is 14.0. The van der Waals surface area contributed by atoms with E-state index in [-0.39, 0.29) is 16.7 Å². The molecule has 25 heavy (non-hydrogen) atoms. The van der Waals surface area contributed by atoms with Crippen LogP contribution in [0, 0.1) is 17.0 Å². The molecule has 0 saturated heterocycles. The van der Waals surface area contributed by atoms with E-state index >= 15 is 0 Å². The molecular formula is C17H14N4O3S. The molecule has 0 aliphatic heterocycles. The summed E-state index contributed by atoms with van der Waals surface area (Å²) < 4.78 is 0. The molecule has 1 heterocycles. The normalized spacial score (nSPS) is 10.4.